The Morgan fingerprint density at radius 1 is 0.459 bits per heavy atom. The lowest BCUT2D eigenvalue weighted by atomic mass is 10.1. The van der Waals surface area contributed by atoms with E-state index in [2.05, 4.69) is 131 Å². The molecule has 0 saturated heterocycles. The van der Waals surface area contributed by atoms with Crippen LogP contribution in [0.5, 0.6) is 5.75 Å². The van der Waals surface area contributed by atoms with E-state index in [1.165, 1.54) is 53.1 Å². The predicted octanol–water partition coefficient (Wildman–Crippen LogP) is 18.8. The molecule has 0 bridgehead atoms. The molecule has 0 aromatic heterocycles. The molecule has 4 N–H and O–H groups in total. The Kier molecular flexibility index (Phi) is 36.8. The number of hydrogen-bond donors (Lipinski definition) is 4. The van der Waals surface area contributed by atoms with Gasteiger partial charge in [-0.2, -0.15) is 20.5 Å². The van der Waals surface area contributed by atoms with E-state index in [1.54, 1.807) is 31.3 Å². The van der Waals surface area contributed by atoms with Gasteiger partial charge in [0.2, 0.25) is 0 Å². The molecule has 0 aliphatic heterocycles. The maximum atomic E-state index is 10.1. The SMILES string of the molecule is C.CC.CC.CC.CC.CCCC.CN=Nc1c(S(O)(O)O)cc2ccccc2c1O.CN=Nc1ccc(C)cc1.c1ccc2ccccc2c1.c1ccc2ccccc2c1. The van der Waals surface area contributed by atoms with Crippen molar-refractivity contribution in [3.8, 4) is 5.75 Å². The van der Waals surface area contributed by atoms with E-state index in [4.69, 9.17) is 0 Å². The Balaban J connectivity index is -0.000000690. The van der Waals surface area contributed by atoms with Gasteiger partial charge in [-0.05, 0) is 52.1 Å². The van der Waals surface area contributed by atoms with E-state index in [1.807, 2.05) is 86.6 Å². The third-order valence-electron chi connectivity index (χ3n) is 7.52. The van der Waals surface area contributed by atoms with Crippen molar-refractivity contribution in [3.05, 3.63) is 157 Å². The van der Waals surface area contributed by atoms with Crippen LogP contribution in [0.2, 0.25) is 0 Å². The van der Waals surface area contributed by atoms with Crippen molar-refractivity contribution in [2.45, 2.75) is 101 Å². The van der Waals surface area contributed by atoms with E-state index >= 15 is 0 Å². The zero-order valence-electron chi connectivity index (χ0n) is 38.3. The molecule has 0 aliphatic rings. The van der Waals surface area contributed by atoms with Crippen LogP contribution in [0.25, 0.3) is 32.3 Å². The molecule has 8 nitrogen and oxygen atoms in total. The lowest BCUT2D eigenvalue weighted by Crippen LogP contribution is -1.96. The summed E-state index contributed by atoms with van der Waals surface area (Å²) in [6, 6.07) is 49.5. The number of aryl methyl sites for hydroxylation is 1. The lowest BCUT2D eigenvalue weighted by Gasteiger charge is -2.21. The minimum Gasteiger partial charge on any atom is -0.505 e. The summed E-state index contributed by atoms with van der Waals surface area (Å²) < 4.78 is 28.1. The summed E-state index contributed by atoms with van der Waals surface area (Å²) in [5.74, 6) is -0.247. The Morgan fingerprint density at radius 2 is 0.770 bits per heavy atom. The first-order chi connectivity index (χ1) is 29.1. The average molecular weight is 853 g/mol. The molecular formula is C52H76N4O4S. The molecule has 0 spiro atoms. The third-order valence-corrected chi connectivity index (χ3v) is 8.42. The van der Waals surface area contributed by atoms with Crippen LogP contribution in [0.3, 0.4) is 0 Å². The summed E-state index contributed by atoms with van der Waals surface area (Å²) in [6.07, 6.45) is 2.64. The normalized spacial score (nSPS) is 9.84. The Bertz CT molecular complexity index is 1960. The highest BCUT2D eigenvalue weighted by atomic mass is 32.3. The van der Waals surface area contributed by atoms with Crippen molar-refractivity contribution in [3.63, 3.8) is 0 Å². The lowest BCUT2D eigenvalue weighted by molar-refractivity contribution is 0.375. The second-order valence-corrected chi connectivity index (χ2v) is 12.9. The number of nitrogens with zero attached hydrogens (tertiary/aromatic N) is 4. The molecule has 0 aliphatic carbocycles. The van der Waals surface area contributed by atoms with Gasteiger partial charge in [0.25, 0.3) is 0 Å². The highest BCUT2D eigenvalue weighted by Gasteiger charge is 2.24. The molecule has 0 heterocycles. The van der Waals surface area contributed by atoms with Crippen LogP contribution in [0.1, 0.15) is 95.1 Å². The van der Waals surface area contributed by atoms with E-state index in [0.717, 1.165) is 5.69 Å². The third kappa shape index (κ3) is 23.2. The van der Waals surface area contributed by atoms with E-state index in [-0.39, 0.29) is 23.8 Å². The van der Waals surface area contributed by atoms with Crippen LogP contribution in [0, 0.1) is 6.92 Å². The van der Waals surface area contributed by atoms with Crippen molar-refractivity contribution in [1.82, 2.24) is 0 Å². The number of fused-ring (bicyclic) bond motifs is 3. The zero-order chi connectivity index (χ0) is 45.8. The molecular weight excluding hydrogens is 777 g/mol. The summed E-state index contributed by atoms with van der Waals surface area (Å²) in [5, 5.41) is 31.0. The van der Waals surface area contributed by atoms with Crippen LogP contribution in [0.4, 0.5) is 11.4 Å². The van der Waals surface area contributed by atoms with Crippen molar-refractivity contribution >= 4 is 54.6 Å². The van der Waals surface area contributed by atoms with E-state index in [9.17, 15) is 18.8 Å². The largest absolute Gasteiger partial charge is 0.505 e. The van der Waals surface area contributed by atoms with Gasteiger partial charge in [0.05, 0.1) is 10.6 Å². The molecule has 7 aromatic carbocycles. The van der Waals surface area contributed by atoms with Crippen molar-refractivity contribution in [2.75, 3.05) is 14.1 Å². The number of rotatable bonds is 4. The minimum absolute atomic E-state index is 0. The molecule has 0 unspecified atom stereocenters. The fourth-order valence-corrected chi connectivity index (χ4v) is 5.37. The minimum atomic E-state index is -3.98. The molecule has 7 rings (SSSR count). The molecule has 9 heteroatoms. The maximum absolute atomic E-state index is 10.1. The molecule has 334 valence electrons. The summed E-state index contributed by atoms with van der Waals surface area (Å²) in [6.45, 7) is 22.4. The van der Waals surface area contributed by atoms with Crippen molar-refractivity contribution in [1.29, 1.82) is 0 Å². The molecule has 0 atom stereocenters. The summed E-state index contributed by atoms with van der Waals surface area (Å²) in [7, 11) is -0.940. The van der Waals surface area contributed by atoms with Gasteiger partial charge in [0, 0.05) is 19.5 Å². The Labute approximate surface area is 370 Å². The van der Waals surface area contributed by atoms with Gasteiger partial charge in [-0.1, -0.05) is 229 Å². The molecule has 0 fully saturated rings. The summed E-state index contributed by atoms with van der Waals surface area (Å²) >= 11 is 0. The fourth-order valence-electron chi connectivity index (χ4n) is 4.69. The van der Waals surface area contributed by atoms with Crippen molar-refractivity contribution in [2.24, 2.45) is 20.5 Å². The van der Waals surface area contributed by atoms with Gasteiger partial charge < -0.3 is 18.8 Å². The number of phenols is 1. The number of aromatic hydroxyl groups is 1. The van der Waals surface area contributed by atoms with Crippen molar-refractivity contribution < 1.29 is 18.8 Å². The van der Waals surface area contributed by atoms with Crippen LogP contribution < -0.4 is 0 Å². The van der Waals surface area contributed by atoms with Crippen LogP contribution in [0.15, 0.2) is 177 Å². The summed E-state index contributed by atoms with van der Waals surface area (Å²) in [4.78, 5) is -0.246. The first-order valence-electron chi connectivity index (χ1n) is 20.9. The molecule has 0 saturated carbocycles. The Hall–Kier alpha value is -5.45. The first kappa shape index (κ1) is 59.9. The smallest absolute Gasteiger partial charge is 0.152 e. The fraction of sp³-hybridized carbons (Fsp3) is 0.308. The number of hydrogen-bond acceptors (Lipinski definition) is 8. The second-order valence-electron chi connectivity index (χ2n) is 11.4. The number of benzene rings is 7. The highest BCUT2D eigenvalue weighted by molar-refractivity contribution is 8.19. The maximum Gasteiger partial charge on any atom is 0.152 e. The standard InChI is InChI=1S/C11H12N2O4S.2C10H8.C8H10N2.C4H10.4C2H6.CH4/c1-12-13-10-9(18(15,16)17)6-7-4-2-3-5-8(7)11(10)14;2*1-2-6-10-8-4-3-7-9(10)5-1;1-7-3-5-8(6-4-7)10-9-2;1-3-4-2;4*1-2;/h2-6,14-17H,1H3;2*1-8H;3-6H,1-2H3;3-4H2,1-2H3;4*1-2H3;1H4. The van der Waals surface area contributed by atoms with Crippen LogP contribution in [-0.2, 0) is 0 Å². The second kappa shape index (κ2) is 37.5. The quantitative estimate of drug-likeness (QED) is 0.131. The van der Waals surface area contributed by atoms with Crippen LogP contribution in [-0.4, -0.2) is 32.9 Å². The van der Waals surface area contributed by atoms with Gasteiger partial charge in [0.1, 0.15) is 16.6 Å². The molecule has 7 aromatic rings. The Morgan fingerprint density at radius 3 is 1.07 bits per heavy atom. The monoisotopic (exact) mass is 853 g/mol. The molecule has 0 radical (unpaired) electrons. The first-order valence-corrected chi connectivity index (χ1v) is 22.4. The number of azo groups is 2. The topological polar surface area (TPSA) is 130 Å². The highest BCUT2D eigenvalue weighted by Crippen LogP contribution is 2.53. The predicted molar refractivity (Wildman–Crippen MR) is 272 cm³/mol. The van der Waals surface area contributed by atoms with Gasteiger partial charge in [0.15, 0.2) is 5.75 Å². The average Bonchev–Trinajstić information content (AvgIpc) is 3.31. The number of phenolic OH excluding ortho intramolecular Hbond substituents is 1. The van der Waals surface area contributed by atoms with Gasteiger partial charge in [-0.3, -0.25) is 0 Å². The van der Waals surface area contributed by atoms with Gasteiger partial charge in [-0.25, -0.2) is 0 Å². The zero-order valence-corrected chi connectivity index (χ0v) is 39.2. The van der Waals surface area contributed by atoms with E-state index in [0.29, 0.717) is 10.8 Å². The molecule has 0 amide bonds. The summed E-state index contributed by atoms with van der Waals surface area (Å²) in [5.41, 5.74) is 2.02. The molecule has 61 heavy (non-hydrogen) atoms. The van der Waals surface area contributed by atoms with E-state index < -0.39 is 10.9 Å². The number of unbranched alkanes of at least 4 members (excludes halogenated alkanes) is 1. The van der Waals surface area contributed by atoms with Gasteiger partial charge in [-0.15, -0.1) is 0 Å². The van der Waals surface area contributed by atoms with Gasteiger partial charge >= 0.3 is 0 Å². The van der Waals surface area contributed by atoms with Crippen LogP contribution >= 0.6 is 10.9 Å².